The number of anilines is 2. The van der Waals surface area contributed by atoms with Crippen molar-refractivity contribution in [2.24, 2.45) is 0 Å². The number of nitrogens with two attached hydrogens (primary N) is 2. The van der Waals surface area contributed by atoms with Crippen LogP contribution in [-0.4, -0.2) is 73.5 Å². The van der Waals surface area contributed by atoms with Gasteiger partial charge in [-0.05, 0) is 79.5 Å². The lowest BCUT2D eigenvalue weighted by atomic mass is 10.1. The van der Waals surface area contributed by atoms with Crippen molar-refractivity contribution in [2.45, 2.75) is 45.3 Å². The monoisotopic (exact) mass is 854 g/mol. The molecule has 2 saturated heterocycles. The van der Waals surface area contributed by atoms with Crippen molar-refractivity contribution < 1.29 is 18.9 Å². The average Bonchev–Trinajstić information content (AvgIpc) is 4.18. The highest BCUT2D eigenvalue weighted by Crippen LogP contribution is 2.39. The first-order valence-electron chi connectivity index (χ1n) is 21.7. The Hall–Kier alpha value is -7.31. The maximum atomic E-state index is 9.24. The molecule has 64 heavy (non-hydrogen) atoms. The molecule has 0 spiro atoms. The Balaban J connectivity index is 0.000000163. The van der Waals surface area contributed by atoms with E-state index in [1.54, 1.807) is 12.1 Å². The average molecular weight is 855 g/mol. The number of para-hydroxylation sites is 2. The molecule has 4 aromatic carbocycles. The Kier molecular flexibility index (Phi) is 12.5. The standard InChI is InChI=1S/C27H31N5O2.C23H19N5O2/c1-3-31(4-2)15-20-7-5-6-8-24(20)34-22-11-9-19(10-12-22)23-16-32(21-13-14-33-17-21)27-25(23)26(28)29-18-30-27;24-11-16-3-1-2-4-20(16)30-18-7-5-15(6-8-18)19-12-28(17-9-10-29-13-17)23-21(19)22(25)26-14-27-23/h5-12,16,18,21H,3-4,13-15,17H2,1-2H3,(H2,28,29,30);1-8,12,14,17H,9-10,13H2,(H2,25,26,27). The van der Waals surface area contributed by atoms with Crippen molar-refractivity contribution in [3.05, 3.63) is 133 Å². The van der Waals surface area contributed by atoms with E-state index in [4.69, 9.17) is 30.4 Å². The molecule has 6 heterocycles. The van der Waals surface area contributed by atoms with Crippen molar-refractivity contribution in [3.63, 3.8) is 0 Å². The zero-order chi connectivity index (χ0) is 44.0. The summed E-state index contributed by atoms with van der Waals surface area (Å²) in [6, 6.07) is 33.9. The van der Waals surface area contributed by atoms with Crippen molar-refractivity contribution in [1.82, 2.24) is 34.0 Å². The van der Waals surface area contributed by atoms with E-state index >= 15 is 0 Å². The second-order valence-corrected chi connectivity index (χ2v) is 15.8. The highest BCUT2D eigenvalue weighted by Gasteiger charge is 2.25. The lowest BCUT2D eigenvalue weighted by molar-refractivity contribution is 0.187. The van der Waals surface area contributed by atoms with Gasteiger partial charge < -0.3 is 39.5 Å². The number of hydrogen-bond donors (Lipinski definition) is 2. The first kappa shape index (κ1) is 42.0. The maximum absolute atomic E-state index is 9.24. The summed E-state index contributed by atoms with van der Waals surface area (Å²) >= 11 is 0. The Morgan fingerprint density at radius 2 is 1.14 bits per heavy atom. The number of nitriles is 1. The Bertz CT molecular complexity index is 2910. The summed E-state index contributed by atoms with van der Waals surface area (Å²) in [5.74, 6) is 3.81. The third-order valence-corrected chi connectivity index (χ3v) is 11.9. The molecule has 2 aliphatic heterocycles. The van der Waals surface area contributed by atoms with Crippen LogP contribution in [0.2, 0.25) is 0 Å². The van der Waals surface area contributed by atoms with Crippen LogP contribution in [0.25, 0.3) is 44.3 Å². The molecule has 0 amide bonds. The van der Waals surface area contributed by atoms with Crippen molar-refractivity contribution in [3.8, 4) is 51.3 Å². The number of benzene rings is 4. The predicted octanol–water partition coefficient (Wildman–Crippen LogP) is 9.58. The molecular weight excluding hydrogens is 805 g/mol. The molecule has 0 saturated carbocycles. The molecule has 4 N–H and O–H groups in total. The molecule has 2 aliphatic rings. The molecule has 14 heteroatoms. The fourth-order valence-corrected chi connectivity index (χ4v) is 8.42. The second kappa shape index (κ2) is 19.0. The molecule has 0 radical (unpaired) electrons. The van der Waals surface area contributed by atoms with E-state index in [-0.39, 0.29) is 12.1 Å². The lowest BCUT2D eigenvalue weighted by Gasteiger charge is -2.20. The fourth-order valence-electron chi connectivity index (χ4n) is 8.42. The van der Waals surface area contributed by atoms with Gasteiger partial charge in [0.2, 0.25) is 0 Å². The molecule has 14 nitrogen and oxygen atoms in total. The Morgan fingerprint density at radius 1 is 0.656 bits per heavy atom. The molecule has 0 aliphatic carbocycles. The van der Waals surface area contributed by atoms with Crippen LogP contribution in [0.15, 0.2) is 122 Å². The minimum Gasteiger partial charge on any atom is -0.457 e. The van der Waals surface area contributed by atoms with Gasteiger partial charge in [0, 0.05) is 48.8 Å². The summed E-state index contributed by atoms with van der Waals surface area (Å²) in [7, 11) is 0. The maximum Gasteiger partial charge on any atom is 0.146 e. The summed E-state index contributed by atoms with van der Waals surface area (Å²) in [6.07, 6.45) is 9.14. The topological polar surface area (TPSA) is 177 Å². The van der Waals surface area contributed by atoms with E-state index in [0.29, 0.717) is 41.9 Å². The first-order valence-corrected chi connectivity index (χ1v) is 21.7. The number of ether oxygens (including phenoxy) is 4. The Morgan fingerprint density at radius 3 is 1.62 bits per heavy atom. The van der Waals surface area contributed by atoms with Crippen molar-refractivity contribution in [2.75, 3.05) is 51.0 Å². The molecule has 0 bridgehead atoms. The number of rotatable bonds is 12. The second-order valence-electron chi connectivity index (χ2n) is 15.8. The van der Waals surface area contributed by atoms with E-state index in [1.165, 1.54) is 18.2 Å². The lowest BCUT2D eigenvalue weighted by Crippen LogP contribution is -2.22. The van der Waals surface area contributed by atoms with E-state index in [0.717, 1.165) is 102 Å². The molecule has 8 aromatic rings. The predicted molar refractivity (Wildman–Crippen MR) is 248 cm³/mol. The van der Waals surface area contributed by atoms with Gasteiger partial charge in [0.15, 0.2) is 0 Å². The molecular formula is C50H50N10O4. The summed E-state index contributed by atoms with van der Waals surface area (Å²) in [4.78, 5) is 19.8. The van der Waals surface area contributed by atoms with Gasteiger partial charge in [-0.1, -0.05) is 68.4 Å². The SMILES string of the molecule is CCN(CC)Cc1ccccc1Oc1ccc(-c2cn(C3CCOC3)c3ncnc(N)c23)cc1.N#Cc1ccccc1Oc1ccc(-c2cn(C3CCOC3)c3ncnc(N)c23)cc1. The van der Waals surface area contributed by atoms with Crippen LogP contribution in [0.1, 0.15) is 49.9 Å². The third kappa shape index (κ3) is 8.69. The van der Waals surface area contributed by atoms with E-state index in [2.05, 4.69) is 90.5 Å². The summed E-state index contributed by atoms with van der Waals surface area (Å²) in [5.41, 5.74) is 19.9. The van der Waals surface area contributed by atoms with Crippen LogP contribution in [0, 0.1) is 11.3 Å². The molecule has 324 valence electrons. The van der Waals surface area contributed by atoms with Crippen LogP contribution < -0.4 is 20.9 Å². The molecule has 4 aromatic heterocycles. The minimum atomic E-state index is 0.237. The molecule has 2 atom stereocenters. The highest BCUT2D eigenvalue weighted by atomic mass is 16.5. The summed E-state index contributed by atoms with van der Waals surface area (Å²) in [6.45, 7) is 10.1. The van der Waals surface area contributed by atoms with Gasteiger partial charge >= 0.3 is 0 Å². The third-order valence-electron chi connectivity index (χ3n) is 11.9. The van der Waals surface area contributed by atoms with Gasteiger partial charge in [0.1, 0.15) is 64.7 Å². The van der Waals surface area contributed by atoms with Crippen LogP contribution >= 0.6 is 0 Å². The first-order chi connectivity index (χ1) is 31.4. The summed E-state index contributed by atoms with van der Waals surface area (Å²) in [5, 5.41) is 11.0. The number of aromatic nitrogens is 6. The van der Waals surface area contributed by atoms with Gasteiger partial charge in [0.05, 0.1) is 41.6 Å². The number of nitrogen functional groups attached to an aromatic ring is 2. The van der Waals surface area contributed by atoms with E-state index in [9.17, 15) is 5.26 Å². The zero-order valence-electron chi connectivity index (χ0n) is 35.9. The quantitative estimate of drug-likeness (QED) is 0.119. The van der Waals surface area contributed by atoms with Crippen LogP contribution in [0.3, 0.4) is 0 Å². The van der Waals surface area contributed by atoms with Crippen molar-refractivity contribution >= 4 is 33.7 Å². The Labute approximate surface area is 371 Å². The van der Waals surface area contributed by atoms with Gasteiger partial charge in [-0.25, -0.2) is 19.9 Å². The number of fused-ring (bicyclic) bond motifs is 2. The van der Waals surface area contributed by atoms with Crippen LogP contribution in [-0.2, 0) is 16.0 Å². The molecule has 10 rings (SSSR count). The van der Waals surface area contributed by atoms with Gasteiger partial charge in [-0.2, -0.15) is 5.26 Å². The highest BCUT2D eigenvalue weighted by molar-refractivity contribution is 6.01. The number of nitrogens with zero attached hydrogens (tertiary/aromatic N) is 8. The van der Waals surface area contributed by atoms with Crippen LogP contribution in [0.5, 0.6) is 23.0 Å². The van der Waals surface area contributed by atoms with Gasteiger partial charge in [0.25, 0.3) is 0 Å². The smallest absolute Gasteiger partial charge is 0.146 e. The zero-order valence-corrected chi connectivity index (χ0v) is 35.9. The summed E-state index contributed by atoms with van der Waals surface area (Å²) < 4.78 is 27.7. The van der Waals surface area contributed by atoms with Gasteiger partial charge in [-0.3, -0.25) is 4.90 Å². The molecule has 2 unspecified atom stereocenters. The largest absolute Gasteiger partial charge is 0.457 e. The van der Waals surface area contributed by atoms with Crippen molar-refractivity contribution in [1.29, 1.82) is 5.26 Å². The fraction of sp³-hybridized carbons (Fsp3) is 0.260. The minimum absolute atomic E-state index is 0.237. The van der Waals surface area contributed by atoms with E-state index < -0.39 is 0 Å². The molecule has 2 fully saturated rings. The van der Waals surface area contributed by atoms with E-state index in [1.807, 2.05) is 60.7 Å². The van der Waals surface area contributed by atoms with Crippen LogP contribution in [0.4, 0.5) is 11.6 Å². The van der Waals surface area contributed by atoms with Gasteiger partial charge in [-0.15, -0.1) is 0 Å². The normalized spacial score (nSPS) is 15.9. The number of hydrogen-bond acceptors (Lipinski definition) is 12.